The predicted molar refractivity (Wildman–Crippen MR) is 130 cm³/mol. The molecular weight excluding hydrogens is 418 g/mol. The summed E-state index contributed by atoms with van der Waals surface area (Å²) in [5, 5.41) is 5.52. The van der Waals surface area contributed by atoms with E-state index in [1.165, 1.54) is 0 Å². The van der Waals surface area contributed by atoms with E-state index < -0.39 is 29.7 Å². The van der Waals surface area contributed by atoms with Crippen LogP contribution in [0.4, 0.5) is 4.79 Å². The molecule has 0 aromatic heterocycles. The van der Waals surface area contributed by atoms with Crippen molar-refractivity contribution in [2.24, 2.45) is 5.92 Å². The number of carbonyl (C=O) groups is 3. The highest BCUT2D eigenvalue weighted by Crippen LogP contribution is 2.24. The van der Waals surface area contributed by atoms with Gasteiger partial charge in [0.1, 0.15) is 17.7 Å². The van der Waals surface area contributed by atoms with Crippen LogP contribution in [0.15, 0.2) is 24.3 Å². The molecule has 0 bridgehead atoms. The van der Waals surface area contributed by atoms with Gasteiger partial charge in [0.25, 0.3) is 5.91 Å². The maximum absolute atomic E-state index is 13.5. The summed E-state index contributed by atoms with van der Waals surface area (Å²) in [7, 11) is 0. The SMILES string of the molecule is C#CN(C(=O)C(NC(=O)OC(C)(C)C)C(C)C)C(C(=O)NCCCCC)c1ccc(C)cc1. The van der Waals surface area contributed by atoms with Gasteiger partial charge in [0, 0.05) is 12.6 Å². The van der Waals surface area contributed by atoms with Crippen LogP contribution >= 0.6 is 0 Å². The number of amides is 3. The molecular formula is C26H39N3O4. The summed E-state index contributed by atoms with van der Waals surface area (Å²) >= 11 is 0. The van der Waals surface area contributed by atoms with Gasteiger partial charge in [0.2, 0.25) is 5.91 Å². The van der Waals surface area contributed by atoms with Crippen molar-refractivity contribution in [1.29, 1.82) is 0 Å². The number of ether oxygens (including phenoxy) is 1. The molecule has 0 spiro atoms. The smallest absolute Gasteiger partial charge is 0.408 e. The van der Waals surface area contributed by atoms with E-state index in [0.29, 0.717) is 12.1 Å². The molecule has 1 aromatic rings. The number of aryl methyl sites for hydroxylation is 1. The second-order valence-corrected chi connectivity index (χ2v) is 9.52. The first-order chi connectivity index (χ1) is 15.4. The first-order valence-corrected chi connectivity index (χ1v) is 11.5. The summed E-state index contributed by atoms with van der Waals surface area (Å²) in [6, 6.07) is 7.71. The van der Waals surface area contributed by atoms with E-state index in [-0.39, 0.29) is 11.8 Å². The van der Waals surface area contributed by atoms with Crippen molar-refractivity contribution in [3.8, 4) is 12.5 Å². The van der Waals surface area contributed by atoms with Gasteiger partial charge in [-0.1, -0.05) is 69.9 Å². The van der Waals surface area contributed by atoms with E-state index >= 15 is 0 Å². The predicted octanol–water partition coefficient (Wildman–Crippen LogP) is 4.31. The van der Waals surface area contributed by atoms with Gasteiger partial charge < -0.3 is 15.4 Å². The van der Waals surface area contributed by atoms with E-state index in [9.17, 15) is 14.4 Å². The fraction of sp³-hybridized carbons (Fsp3) is 0.577. The Hall–Kier alpha value is -3.01. The highest BCUT2D eigenvalue weighted by atomic mass is 16.6. The van der Waals surface area contributed by atoms with Crippen LogP contribution in [0.2, 0.25) is 0 Å². The topological polar surface area (TPSA) is 87.7 Å². The van der Waals surface area contributed by atoms with Crippen molar-refractivity contribution in [3.05, 3.63) is 35.4 Å². The number of rotatable bonds is 10. The first kappa shape index (κ1) is 28.0. The van der Waals surface area contributed by atoms with Gasteiger partial charge in [0.05, 0.1) is 0 Å². The van der Waals surface area contributed by atoms with E-state index in [1.807, 2.05) is 19.1 Å². The lowest BCUT2D eigenvalue weighted by Crippen LogP contribution is -2.53. The highest BCUT2D eigenvalue weighted by molar-refractivity contribution is 5.93. The van der Waals surface area contributed by atoms with Gasteiger partial charge >= 0.3 is 6.09 Å². The standard InChI is InChI=1S/C26H39N3O4/c1-9-11-12-17-27-23(30)22(20-15-13-19(5)14-16-20)29(10-2)24(31)21(18(3)4)28-25(32)33-26(6,7)8/h2,13-16,18,21-22H,9,11-12,17H2,1,3-8H3,(H,27,30)(H,28,32). The maximum atomic E-state index is 13.5. The minimum absolute atomic E-state index is 0.285. The summed E-state index contributed by atoms with van der Waals surface area (Å²) in [5.74, 6) is -1.19. The molecule has 7 heteroatoms. The Morgan fingerprint density at radius 1 is 1.12 bits per heavy atom. The molecule has 0 aliphatic carbocycles. The second kappa shape index (κ2) is 12.9. The van der Waals surface area contributed by atoms with Crippen molar-refractivity contribution in [2.45, 2.75) is 85.4 Å². The zero-order valence-electron chi connectivity index (χ0n) is 21.0. The molecule has 2 unspecified atom stereocenters. The van der Waals surface area contributed by atoms with Gasteiger partial charge in [-0.05, 0) is 45.6 Å². The van der Waals surface area contributed by atoms with Crippen molar-refractivity contribution in [1.82, 2.24) is 15.5 Å². The molecule has 0 heterocycles. The van der Waals surface area contributed by atoms with Crippen LogP contribution in [0.25, 0.3) is 0 Å². The molecule has 33 heavy (non-hydrogen) atoms. The Balaban J connectivity index is 3.24. The zero-order chi connectivity index (χ0) is 25.2. The molecule has 0 radical (unpaired) electrons. The fourth-order valence-electron chi connectivity index (χ4n) is 3.21. The molecule has 0 saturated heterocycles. The second-order valence-electron chi connectivity index (χ2n) is 9.52. The number of carbonyl (C=O) groups excluding carboxylic acids is 3. The highest BCUT2D eigenvalue weighted by Gasteiger charge is 2.37. The van der Waals surface area contributed by atoms with Gasteiger partial charge in [-0.3, -0.25) is 14.5 Å². The number of nitrogens with one attached hydrogen (secondary N) is 2. The van der Waals surface area contributed by atoms with E-state index in [0.717, 1.165) is 29.7 Å². The third-order valence-electron chi connectivity index (χ3n) is 4.96. The van der Waals surface area contributed by atoms with Crippen molar-refractivity contribution in [3.63, 3.8) is 0 Å². The average molecular weight is 458 g/mol. The Morgan fingerprint density at radius 3 is 2.21 bits per heavy atom. The molecule has 7 nitrogen and oxygen atoms in total. The molecule has 1 rings (SSSR count). The quantitative estimate of drug-likeness (QED) is 0.311. The monoisotopic (exact) mass is 457 g/mol. The Kier molecular flexibility index (Phi) is 10.9. The molecule has 0 aliphatic rings. The van der Waals surface area contributed by atoms with E-state index in [2.05, 4.69) is 23.6 Å². The number of terminal acetylenes is 1. The lowest BCUT2D eigenvalue weighted by molar-refractivity contribution is -0.139. The van der Waals surface area contributed by atoms with Crippen LogP contribution in [-0.4, -0.2) is 41.0 Å². The lowest BCUT2D eigenvalue weighted by Gasteiger charge is -2.31. The summed E-state index contributed by atoms with van der Waals surface area (Å²) in [6.07, 6.45) is 7.89. The van der Waals surface area contributed by atoms with Gasteiger partial charge in [-0.2, -0.15) is 0 Å². The summed E-state index contributed by atoms with van der Waals surface area (Å²) in [4.78, 5) is 40.1. The molecule has 0 fully saturated rings. The molecule has 0 aliphatic heterocycles. The van der Waals surface area contributed by atoms with Crippen molar-refractivity contribution >= 4 is 17.9 Å². The van der Waals surface area contributed by atoms with Crippen LogP contribution < -0.4 is 10.6 Å². The van der Waals surface area contributed by atoms with Crippen LogP contribution in [0, 0.1) is 25.3 Å². The van der Waals surface area contributed by atoms with Crippen LogP contribution in [-0.2, 0) is 14.3 Å². The van der Waals surface area contributed by atoms with E-state index in [1.54, 1.807) is 46.8 Å². The van der Waals surface area contributed by atoms with Crippen molar-refractivity contribution in [2.75, 3.05) is 6.54 Å². The number of hydrogen-bond donors (Lipinski definition) is 2. The lowest BCUT2D eigenvalue weighted by atomic mass is 9.99. The number of benzene rings is 1. The average Bonchev–Trinajstić information content (AvgIpc) is 2.72. The Labute approximate surface area is 198 Å². The number of unbranched alkanes of at least 4 members (excludes halogenated alkanes) is 2. The normalized spacial score (nSPS) is 12.9. The van der Waals surface area contributed by atoms with Gasteiger partial charge in [-0.15, -0.1) is 0 Å². The number of alkyl carbamates (subject to hydrolysis) is 1. The van der Waals surface area contributed by atoms with Gasteiger partial charge in [-0.25, -0.2) is 4.79 Å². The molecule has 2 N–H and O–H groups in total. The number of nitrogens with zero attached hydrogens (tertiary/aromatic N) is 1. The van der Waals surface area contributed by atoms with Gasteiger partial charge in [0.15, 0.2) is 0 Å². The zero-order valence-corrected chi connectivity index (χ0v) is 21.0. The number of hydrogen-bond acceptors (Lipinski definition) is 4. The fourth-order valence-corrected chi connectivity index (χ4v) is 3.21. The molecule has 3 amide bonds. The minimum atomic E-state index is -1.02. The third-order valence-corrected chi connectivity index (χ3v) is 4.96. The summed E-state index contributed by atoms with van der Waals surface area (Å²) in [5.41, 5.74) is 0.897. The molecule has 2 atom stereocenters. The third kappa shape index (κ3) is 9.17. The minimum Gasteiger partial charge on any atom is -0.444 e. The Morgan fingerprint density at radius 2 is 1.73 bits per heavy atom. The molecule has 182 valence electrons. The Bertz CT molecular complexity index is 835. The summed E-state index contributed by atoms with van der Waals surface area (Å²) in [6.45, 7) is 13.3. The van der Waals surface area contributed by atoms with Crippen molar-refractivity contribution < 1.29 is 19.1 Å². The molecule has 0 saturated carbocycles. The van der Waals surface area contributed by atoms with Crippen LogP contribution in [0.5, 0.6) is 0 Å². The summed E-state index contributed by atoms with van der Waals surface area (Å²) < 4.78 is 5.31. The maximum Gasteiger partial charge on any atom is 0.408 e. The largest absolute Gasteiger partial charge is 0.444 e. The first-order valence-electron chi connectivity index (χ1n) is 11.5. The van der Waals surface area contributed by atoms with E-state index in [4.69, 9.17) is 11.2 Å². The van der Waals surface area contributed by atoms with Crippen LogP contribution in [0.1, 0.15) is 78.0 Å². The van der Waals surface area contributed by atoms with Crippen LogP contribution in [0.3, 0.4) is 0 Å². The molecule has 1 aromatic carbocycles.